The lowest BCUT2D eigenvalue weighted by Crippen LogP contribution is -1.81. The van der Waals surface area contributed by atoms with E-state index in [2.05, 4.69) is 9.97 Å². The van der Waals surface area contributed by atoms with Crippen LogP contribution in [0.4, 0.5) is 0 Å². The molecular weight excluding hydrogens is 257 g/mol. The third-order valence-electron chi connectivity index (χ3n) is 2.47. The fourth-order valence-electron chi connectivity index (χ4n) is 1.67. The predicted molar refractivity (Wildman–Crippen MR) is 68.4 cm³/mol. The fraction of sp³-hybridized carbons (Fsp3) is 0. The van der Waals surface area contributed by atoms with Gasteiger partial charge >= 0.3 is 0 Å². The normalized spacial score (nSPS) is 10.9. The summed E-state index contributed by atoms with van der Waals surface area (Å²) in [7, 11) is 0. The van der Waals surface area contributed by atoms with Crippen LogP contribution in [-0.2, 0) is 0 Å². The van der Waals surface area contributed by atoms with Crippen LogP contribution in [-0.4, -0.2) is 14.4 Å². The fourth-order valence-corrected chi connectivity index (χ4v) is 2.05. The van der Waals surface area contributed by atoms with Gasteiger partial charge in [0.25, 0.3) is 0 Å². The van der Waals surface area contributed by atoms with E-state index in [9.17, 15) is 0 Å². The number of aromatic nitrogens is 3. The van der Waals surface area contributed by atoms with Gasteiger partial charge in [-0.25, -0.2) is 4.98 Å². The maximum absolute atomic E-state index is 6.13. The maximum Gasteiger partial charge on any atom is 0.155 e. The molecule has 0 radical (unpaired) electrons. The summed E-state index contributed by atoms with van der Waals surface area (Å²) < 4.78 is 1.89. The van der Waals surface area contributed by atoms with Gasteiger partial charge in [0.1, 0.15) is 0 Å². The third kappa shape index (κ3) is 1.88. The highest BCUT2D eigenvalue weighted by molar-refractivity contribution is 6.35. The zero-order valence-corrected chi connectivity index (χ0v) is 10.2. The van der Waals surface area contributed by atoms with Crippen molar-refractivity contribution in [2.75, 3.05) is 0 Å². The summed E-state index contributed by atoms with van der Waals surface area (Å²) in [4.78, 5) is 8.46. The Balaban J connectivity index is 2.23. The number of hydrogen-bond acceptors (Lipinski definition) is 2. The first-order chi connectivity index (χ1) is 8.24. The second kappa shape index (κ2) is 4.02. The smallest absolute Gasteiger partial charge is 0.155 e. The van der Waals surface area contributed by atoms with E-state index in [1.807, 2.05) is 16.8 Å². The monoisotopic (exact) mass is 263 g/mol. The van der Waals surface area contributed by atoms with Gasteiger partial charge in [-0.3, -0.25) is 4.98 Å². The molecule has 3 aromatic rings. The van der Waals surface area contributed by atoms with E-state index in [0.29, 0.717) is 10.0 Å². The molecule has 5 heteroatoms. The highest BCUT2D eigenvalue weighted by Gasteiger charge is 2.08. The van der Waals surface area contributed by atoms with Crippen molar-refractivity contribution in [1.82, 2.24) is 14.4 Å². The molecule has 0 saturated carbocycles. The van der Waals surface area contributed by atoms with E-state index in [1.165, 1.54) is 0 Å². The lowest BCUT2D eigenvalue weighted by Gasteiger charge is -2.00. The third-order valence-corrected chi connectivity index (χ3v) is 3.03. The number of hydrogen-bond donors (Lipinski definition) is 0. The van der Waals surface area contributed by atoms with Crippen LogP contribution in [0.3, 0.4) is 0 Å². The molecule has 2 heterocycles. The van der Waals surface area contributed by atoms with Gasteiger partial charge in [0.2, 0.25) is 0 Å². The topological polar surface area (TPSA) is 30.2 Å². The minimum atomic E-state index is 0.630. The number of fused-ring (bicyclic) bond motifs is 1. The summed E-state index contributed by atoms with van der Waals surface area (Å²) in [5, 5.41) is 1.27. The summed E-state index contributed by atoms with van der Waals surface area (Å²) in [5.74, 6) is 0. The van der Waals surface area contributed by atoms with E-state index in [1.54, 1.807) is 30.6 Å². The van der Waals surface area contributed by atoms with Crippen molar-refractivity contribution < 1.29 is 0 Å². The molecule has 0 spiro atoms. The molecule has 0 atom stereocenters. The number of halogens is 2. The molecule has 0 aliphatic rings. The average molecular weight is 264 g/mol. The second-order valence-corrected chi connectivity index (χ2v) is 4.44. The van der Waals surface area contributed by atoms with Gasteiger partial charge in [-0.1, -0.05) is 23.2 Å². The minimum absolute atomic E-state index is 0.630. The van der Waals surface area contributed by atoms with Gasteiger partial charge in [0.05, 0.1) is 16.9 Å². The van der Waals surface area contributed by atoms with Crippen molar-refractivity contribution >= 4 is 28.8 Å². The molecule has 84 valence electrons. The minimum Gasteiger partial charge on any atom is -0.304 e. The molecule has 0 amide bonds. The van der Waals surface area contributed by atoms with E-state index in [-0.39, 0.29) is 0 Å². The molecule has 3 rings (SSSR count). The van der Waals surface area contributed by atoms with Gasteiger partial charge in [0, 0.05) is 29.2 Å². The van der Waals surface area contributed by atoms with E-state index < -0.39 is 0 Å². The van der Waals surface area contributed by atoms with Gasteiger partial charge in [-0.15, -0.1) is 0 Å². The zero-order valence-electron chi connectivity index (χ0n) is 8.64. The van der Waals surface area contributed by atoms with Crippen LogP contribution in [0.1, 0.15) is 0 Å². The summed E-state index contributed by atoms with van der Waals surface area (Å²) in [5.41, 5.74) is 2.38. The second-order valence-electron chi connectivity index (χ2n) is 3.59. The van der Waals surface area contributed by atoms with E-state index in [0.717, 1.165) is 16.9 Å². The largest absolute Gasteiger partial charge is 0.304 e. The Kier molecular flexibility index (Phi) is 2.50. The first-order valence-corrected chi connectivity index (χ1v) is 5.74. The average Bonchev–Trinajstić information content (AvgIpc) is 2.75. The molecule has 0 saturated heterocycles. The molecule has 0 unspecified atom stereocenters. The van der Waals surface area contributed by atoms with E-state index in [4.69, 9.17) is 23.2 Å². The Hall–Kier alpha value is -1.58. The summed E-state index contributed by atoms with van der Waals surface area (Å²) in [6, 6.07) is 5.32. The van der Waals surface area contributed by atoms with Crippen molar-refractivity contribution in [2.24, 2.45) is 0 Å². The standard InChI is InChI=1S/C12H7Cl2N3/c13-8-1-2-10(14)9(5-8)11-7-17-4-3-15-6-12(17)16-11/h1-7H. The zero-order chi connectivity index (χ0) is 11.8. The lowest BCUT2D eigenvalue weighted by atomic mass is 10.2. The number of nitrogens with zero attached hydrogens (tertiary/aromatic N) is 3. The van der Waals surface area contributed by atoms with Crippen LogP contribution in [0.2, 0.25) is 10.0 Å². The quantitative estimate of drug-likeness (QED) is 0.670. The van der Waals surface area contributed by atoms with Crippen LogP contribution in [0, 0.1) is 0 Å². The van der Waals surface area contributed by atoms with Gasteiger partial charge in [-0.05, 0) is 18.2 Å². The molecule has 0 N–H and O–H groups in total. The van der Waals surface area contributed by atoms with Crippen LogP contribution in [0.25, 0.3) is 16.9 Å². The van der Waals surface area contributed by atoms with Crippen molar-refractivity contribution in [3.63, 3.8) is 0 Å². The van der Waals surface area contributed by atoms with Gasteiger partial charge < -0.3 is 4.40 Å². The maximum atomic E-state index is 6.13. The highest BCUT2D eigenvalue weighted by Crippen LogP contribution is 2.29. The van der Waals surface area contributed by atoms with Gasteiger partial charge in [-0.2, -0.15) is 0 Å². The van der Waals surface area contributed by atoms with Crippen LogP contribution in [0.5, 0.6) is 0 Å². The lowest BCUT2D eigenvalue weighted by molar-refractivity contribution is 1.13. The number of benzene rings is 1. The van der Waals surface area contributed by atoms with Crippen LogP contribution >= 0.6 is 23.2 Å². The first-order valence-electron chi connectivity index (χ1n) is 4.98. The van der Waals surface area contributed by atoms with Crippen LogP contribution in [0.15, 0.2) is 43.0 Å². The number of rotatable bonds is 1. The molecule has 0 fully saturated rings. The van der Waals surface area contributed by atoms with Crippen molar-refractivity contribution in [3.05, 3.63) is 53.0 Å². The van der Waals surface area contributed by atoms with Crippen LogP contribution < -0.4 is 0 Å². The Labute approximate surface area is 108 Å². The number of imidazole rings is 1. The van der Waals surface area contributed by atoms with E-state index >= 15 is 0 Å². The molecule has 2 aromatic heterocycles. The molecule has 0 aliphatic heterocycles. The predicted octanol–water partition coefficient (Wildman–Crippen LogP) is 3.70. The highest BCUT2D eigenvalue weighted by atomic mass is 35.5. The Morgan fingerprint density at radius 2 is 2.06 bits per heavy atom. The summed E-state index contributed by atoms with van der Waals surface area (Å²) >= 11 is 12.1. The molecule has 0 bridgehead atoms. The van der Waals surface area contributed by atoms with Gasteiger partial charge in [0.15, 0.2) is 5.65 Å². The Morgan fingerprint density at radius 1 is 1.18 bits per heavy atom. The summed E-state index contributed by atoms with van der Waals surface area (Å²) in [6.07, 6.45) is 7.14. The van der Waals surface area contributed by atoms with Crippen molar-refractivity contribution in [3.8, 4) is 11.3 Å². The van der Waals surface area contributed by atoms with Crippen molar-refractivity contribution in [1.29, 1.82) is 0 Å². The van der Waals surface area contributed by atoms with Crippen molar-refractivity contribution in [2.45, 2.75) is 0 Å². The first kappa shape index (κ1) is 10.6. The molecule has 3 nitrogen and oxygen atoms in total. The SMILES string of the molecule is Clc1ccc(Cl)c(-c2cn3ccncc3n2)c1. The summed E-state index contributed by atoms with van der Waals surface area (Å²) in [6.45, 7) is 0. The Morgan fingerprint density at radius 3 is 2.88 bits per heavy atom. The Bertz CT molecular complexity index is 658. The molecule has 17 heavy (non-hydrogen) atoms. The molecular formula is C12H7Cl2N3. The molecule has 0 aliphatic carbocycles. The molecule has 1 aromatic carbocycles.